The third-order valence-electron chi connectivity index (χ3n) is 0.644. The Labute approximate surface area is 58.5 Å². The van der Waals surface area contributed by atoms with Crippen LogP contribution in [0.2, 0.25) is 0 Å². The first kappa shape index (κ1) is 8.84. The summed E-state index contributed by atoms with van der Waals surface area (Å²) in [6.07, 6.45) is -0.430. The van der Waals surface area contributed by atoms with Crippen molar-refractivity contribution in [2.75, 3.05) is 13.1 Å². The van der Waals surface area contributed by atoms with Gasteiger partial charge in [-0.2, -0.15) is 0 Å². The van der Waals surface area contributed by atoms with Gasteiger partial charge in [-0.05, 0) is 11.6 Å². The predicted molar refractivity (Wildman–Crippen MR) is 35.9 cm³/mol. The van der Waals surface area contributed by atoms with Crippen molar-refractivity contribution in [1.82, 2.24) is 5.32 Å². The number of carbonyl (C=O) groups is 1. The first-order chi connectivity index (χ1) is 4.13. The zero-order valence-corrected chi connectivity index (χ0v) is 5.69. The molecule has 0 fully saturated rings. The molecule has 4 nitrogen and oxygen atoms in total. The molecule has 0 aromatic carbocycles. The second-order valence-electron chi connectivity index (χ2n) is 1.65. The normalized spacial score (nSPS) is 10.2. The van der Waals surface area contributed by atoms with Crippen molar-refractivity contribution < 1.29 is 4.79 Å². The number of hydrogen-bond donors (Lipinski definition) is 3. The lowest BCUT2D eigenvalue weighted by atomic mass is 10.5. The van der Waals surface area contributed by atoms with E-state index < -0.39 is 11.4 Å². The minimum Gasteiger partial charge on any atom is -0.315 e. The molecule has 0 radical (unpaired) electrons. The van der Waals surface area contributed by atoms with Crippen molar-refractivity contribution in [3.63, 3.8) is 0 Å². The van der Waals surface area contributed by atoms with Gasteiger partial charge in [0.1, 0.15) is 0 Å². The zero-order chi connectivity index (χ0) is 7.28. The lowest BCUT2D eigenvalue weighted by Crippen LogP contribution is -2.41. The summed E-state index contributed by atoms with van der Waals surface area (Å²) in [5.41, 5.74) is 10.3. The van der Waals surface area contributed by atoms with Crippen LogP contribution in [0, 0.1) is 0 Å². The third-order valence-corrected chi connectivity index (χ3v) is 0.778. The van der Waals surface area contributed by atoms with E-state index in [1.807, 2.05) is 0 Å². The lowest BCUT2D eigenvalue weighted by Gasteiger charge is -2.03. The predicted octanol–water partition coefficient (Wildman–Crippen LogP) is -1.42. The van der Waals surface area contributed by atoms with Crippen molar-refractivity contribution in [2.45, 2.75) is 6.17 Å². The van der Waals surface area contributed by atoms with Crippen molar-refractivity contribution in [3.8, 4) is 0 Å². The van der Waals surface area contributed by atoms with Crippen LogP contribution in [0.25, 0.3) is 0 Å². The molecule has 0 aliphatic heterocycles. The SMILES string of the molecule is NC(N)CNCC(=O)Cl. The van der Waals surface area contributed by atoms with Gasteiger partial charge in [0.25, 0.3) is 0 Å². The Morgan fingerprint density at radius 1 is 1.67 bits per heavy atom. The average Bonchev–Trinajstić information content (AvgIpc) is 1.63. The molecule has 0 aliphatic carbocycles. The number of nitrogens with one attached hydrogen (secondary N) is 1. The van der Waals surface area contributed by atoms with Gasteiger partial charge in [0.15, 0.2) is 0 Å². The molecule has 0 spiro atoms. The van der Waals surface area contributed by atoms with Gasteiger partial charge in [-0.25, -0.2) is 0 Å². The summed E-state index contributed by atoms with van der Waals surface area (Å²) in [6.45, 7) is 0.519. The van der Waals surface area contributed by atoms with E-state index in [1.54, 1.807) is 0 Å². The van der Waals surface area contributed by atoms with Gasteiger partial charge < -0.3 is 16.8 Å². The van der Waals surface area contributed by atoms with Crippen molar-refractivity contribution in [3.05, 3.63) is 0 Å². The summed E-state index contributed by atoms with van der Waals surface area (Å²) in [5, 5.41) is 2.22. The second-order valence-corrected chi connectivity index (χ2v) is 2.07. The van der Waals surface area contributed by atoms with Crippen molar-refractivity contribution in [2.24, 2.45) is 11.5 Å². The van der Waals surface area contributed by atoms with Crippen LogP contribution in [-0.4, -0.2) is 24.5 Å². The number of halogens is 1. The minimum atomic E-state index is -0.435. The fraction of sp³-hybridized carbons (Fsp3) is 0.750. The Bertz CT molecular complexity index is 95.8. The zero-order valence-electron chi connectivity index (χ0n) is 4.93. The van der Waals surface area contributed by atoms with Gasteiger partial charge in [-0.3, -0.25) is 4.79 Å². The molecule has 0 saturated carbocycles. The summed E-state index contributed by atoms with van der Waals surface area (Å²) < 4.78 is 0. The largest absolute Gasteiger partial charge is 0.315 e. The van der Waals surface area contributed by atoms with Gasteiger partial charge in [-0.15, -0.1) is 0 Å². The minimum absolute atomic E-state index is 0.118. The lowest BCUT2D eigenvalue weighted by molar-refractivity contribution is -0.110. The number of hydrogen-bond acceptors (Lipinski definition) is 4. The summed E-state index contributed by atoms with van der Waals surface area (Å²) in [6, 6.07) is 0. The van der Waals surface area contributed by atoms with Gasteiger partial charge in [0, 0.05) is 6.54 Å². The summed E-state index contributed by atoms with van der Waals surface area (Å²) in [4.78, 5) is 10.0. The first-order valence-electron chi connectivity index (χ1n) is 2.53. The molecule has 0 aliphatic rings. The number of carbonyl (C=O) groups excluding carboxylic acids is 1. The number of rotatable bonds is 4. The smallest absolute Gasteiger partial charge is 0.235 e. The topological polar surface area (TPSA) is 81.1 Å². The summed E-state index contributed by atoms with van der Waals surface area (Å²) >= 11 is 4.98. The Kier molecular flexibility index (Phi) is 4.61. The highest BCUT2D eigenvalue weighted by atomic mass is 35.5. The molecule has 0 unspecified atom stereocenters. The molecule has 5 N–H and O–H groups in total. The molecule has 0 heterocycles. The monoisotopic (exact) mass is 151 g/mol. The van der Waals surface area contributed by atoms with E-state index in [0.717, 1.165) is 0 Å². The maximum Gasteiger partial charge on any atom is 0.235 e. The highest BCUT2D eigenvalue weighted by molar-refractivity contribution is 6.64. The molecule has 0 saturated heterocycles. The Balaban J connectivity index is 3.01. The fourth-order valence-electron chi connectivity index (χ4n) is 0.337. The van der Waals surface area contributed by atoms with Crippen LogP contribution in [-0.2, 0) is 4.79 Å². The maximum atomic E-state index is 10.0. The molecule has 0 amide bonds. The van der Waals surface area contributed by atoms with E-state index >= 15 is 0 Å². The molecule has 0 bridgehead atoms. The molecular weight excluding hydrogens is 142 g/mol. The highest BCUT2D eigenvalue weighted by Crippen LogP contribution is 1.73. The van der Waals surface area contributed by atoms with Crippen LogP contribution < -0.4 is 16.8 Å². The van der Waals surface area contributed by atoms with Crippen LogP contribution in [0.4, 0.5) is 0 Å². The Hall–Kier alpha value is -0.160. The third kappa shape index (κ3) is 7.84. The molecular formula is C4H10ClN3O. The molecule has 0 aromatic heterocycles. The highest BCUT2D eigenvalue weighted by Gasteiger charge is 1.95. The van der Waals surface area contributed by atoms with Crippen LogP contribution in [0.1, 0.15) is 0 Å². The van der Waals surface area contributed by atoms with E-state index in [-0.39, 0.29) is 6.54 Å². The van der Waals surface area contributed by atoms with Crippen LogP contribution in [0.15, 0.2) is 0 Å². The first-order valence-corrected chi connectivity index (χ1v) is 2.91. The van der Waals surface area contributed by atoms with Gasteiger partial charge in [0.2, 0.25) is 5.24 Å². The fourth-order valence-corrected chi connectivity index (χ4v) is 0.432. The standard InChI is InChI=1S/C4H10ClN3O/c5-3(9)1-8-2-4(6)7/h4,8H,1-2,6-7H2. The quantitative estimate of drug-likeness (QED) is 0.341. The molecule has 0 aromatic rings. The van der Waals surface area contributed by atoms with Crippen molar-refractivity contribution in [1.29, 1.82) is 0 Å². The van der Waals surface area contributed by atoms with Crippen LogP contribution in [0.5, 0.6) is 0 Å². The van der Waals surface area contributed by atoms with Gasteiger partial charge in [0.05, 0.1) is 12.7 Å². The van der Waals surface area contributed by atoms with E-state index in [1.165, 1.54) is 0 Å². The Morgan fingerprint density at radius 3 is 2.56 bits per heavy atom. The molecule has 54 valence electrons. The van der Waals surface area contributed by atoms with Gasteiger partial charge in [-0.1, -0.05) is 0 Å². The average molecular weight is 152 g/mol. The van der Waals surface area contributed by atoms with Crippen LogP contribution >= 0.6 is 11.6 Å². The molecule has 0 atom stereocenters. The van der Waals surface area contributed by atoms with E-state index in [9.17, 15) is 4.79 Å². The summed E-state index contributed by atoms with van der Waals surface area (Å²) in [7, 11) is 0. The Morgan fingerprint density at radius 2 is 2.22 bits per heavy atom. The van der Waals surface area contributed by atoms with Gasteiger partial charge >= 0.3 is 0 Å². The molecule has 9 heavy (non-hydrogen) atoms. The number of nitrogens with two attached hydrogens (primary N) is 2. The molecule has 0 rings (SSSR count). The van der Waals surface area contributed by atoms with E-state index in [0.29, 0.717) is 6.54 Å². The van der Waals surface area contributed by atoms with E-state index in [2.05, 4.69) is 5.32 Å². The van der Waals surface area contributed by atoms with Crippen molar-refractivity contribution >= 4 is 16.8 Å². The molecule has 5 heteroatoms. The summed E-state index contributed by atoms with van der Waals surface area (Å²) in [5.74, 6) is 0. The van der Waals surface area contributed by atoms with E-state index in [4.69, 9.17) is 23.1 Å². The maximum absolute atomic E-state index is 10.0. The van der Waals surface area contributed by atoms with Crippen LogP contribution in [0.3, 0.4) is 0 Å². The second kappa shape index (κ2) is 4.69.